The quantitative estimate of drug-likeness (QED) is 0.532. The van der Waals surface area contributed by atoms with Crippen molar-refractivity contribution in [2.45, 2.75) is 77.8 Å². The fourth-order valence-corrected chi connectivity index (χ4v) is 5.30. The van der Waals surface area contributed by atoms with Crippen LogP contribution in [0.2, 0.25) is 0 Å². The number of hydrogen-bond donors (Lipinski definition) is 0. The molecule has 0 spiro atoms. The molecule has 0 radical (unpaired) electrons. The average molecular weight is 485 g/mol. The first-order chi connectivity index (χ1) is 16.5. The Morgan fingerprint density at radius 1 is 1.29 bits per heavy atom. The van der Waals surface area contributed by atoms with Crippen molar-refractivity contribution in [3.05, 3.63) is 36.0 Å². The molecule has 4 rings (SSSR count). The van der Waals surface area contributed by atoms with E-state index in [0.717, 1.165) is 42.3 Å². The van der Waals surface area contributed by atoms with Gasteiger partial charge in [0, 0.05) is 24.4 Å². The van der Waals surface area contributed by atoms with Crippen molar-refractivity contribution >= 4 is 17.0 Å². The van der Waals surface area contributed by atoms with E-state index in [1.807, 2.05) is 45.6 Å². The van der Waals surface area contributed by atoms with Gasteiger partial charge in [0.05, 0.1) is 31.5 Å². The molecule has 35 heavy (non-hydrogen) atoms. The van der Waals surface area contributed by atoms with Crippen molar-refractivity contribution in [1.29, 1.82) is 0 Å². The first kappa shape index (κ1) is 25.7. The van der Waals surface area contributed by atoms with Crippen LogP contribution in [0, 0.1) is 11.8 Å². The predicted molar refractivity (Wildman–Crippen MR) is 136 cm³/mol. The number of benzene rings is 1. The Labute approximate surface area is 209 Å². The normalized spacial score (nSPS) is 24.5. The van der Waals surface area contributed by atoms with Crippen LogP contribution in [0.25, 0.3) is 10.9 Å². The lowest BCUT2D eigenvalue weighted by Crippen LogP contribution is -2.49. The summed E-state index contributed by atoms with van der Waals surface area (Å²) in [5.74, 6) is 0.866. The minimum atomic E-state index is -0.585. The van der Waals surface area contributed by atoms with Crippen molar-refractivity contribution < 1.29 is 23.7 Å². The molecule has 192 valence electrons. The maximum absolute atomic E-state index is 12.8. The summed E-state index contributed by atoms with van der Waals surface area (Å²) in [6.45, 7) is 11.5. The topological polar surface area (TPSA) is 70.1 Å². The van der Waals surface area contributed by atoms with Gasteiger partial charge < -0.3 is 23.8 Å². The third-order valence-electron chi connectivity index (χ3n) is 7.01. The first-order valence-electron chi connectivity index (χ1n) is 12.8. The standard InChI is InChI=1S/C28H40N2O5/c1-27(2,3)35-26(31)30-14-13-20(23(17-30)25-18-33-28(4,5)34-25)10-7-9-19-11-8-12-24-22(19)15-21(32-6)16-29-24/h8,11-12,15-16,20,23,25H,7,9-10,13-14,17-18H2,1-6H3/t20-,23+,25?/m1/s1. The van der Waals surface area contributed by atoms with E-state index in [-0.39, 0.29) is 18.1 Å². The Morgan fingerprint density at radius 3 is 2.77 bits per heavy atom. The van der Waals surface area contributed by atoms with Gasteiger partial charge in [0.1, 0.15) is 11.4 Å². The Hall–Kier alpha value is -2.38. The van der Waals surface area contributed by atoms with Gasteiger partial charge in [0.2, 0.25) is 0 Å². The van der Waals surface area contributed by atoms with Crippen molar-refractivity contribution in [2.75, 3.05) is 26.8 Å². The lowest BCUT2D eigenvalue weighted by Gasteiger charge is -2.41. The SMILES string of the molecule is COc1cnc2cccc(CCC[C@@H]3CCN(C(=O)OC(C)(C)C)C[C@@H]3C3COC(C)(C)O3)c2c1. The summed E-state index contributed by atoms with van der Waals surface area (Å²) in [4.78, 5) is 19.2. The molecule has 3 atom stereocenters. The zero-order valence-electron chi connectivity index (χ0n) is 22.0. The number of hydrogen-bond acceptors (Lipinski definition) is 6. The highest BCUT2D eigenvalue weighted by Gasteiger charge is 2.43. The molecule has 7 nitrogen and oxygen atoms in total. The summed E-state index contributed by atoms with van der Waals surface area (Å²) in [6, 6.07) is 8.37. The Bertz CT molecular complexity index is 1030. The molecule has 3 heterocycles. The van der Waals surface area contributed by atoms with Crippen LogP contribution in [0.3, 0.4) is 0 Å². The van der Waals surface area contributed by atoms with Crippen LogP contribution in [-0.4, -0.2) is 60.3 Å². The number of likely N-dealkylation sites (tertiary alicyclic amines) is 1. The highest BCUT2D eigenvalue weighted by Crippen LogP contribution is 2.37. The second-order valence-corrected chi connectivity index (χ2v) is 11.3. The van der Waals surface area contributed by atoms with Crippen molar-refractivity contribution in [1.82, 2.24) is 9.88 Å². The van der Waals surface area contributed by atoms with Gasteiger partial charge in [-0.2, -0.15) is 0 Å². The number of ether oxygens (including phenoxy) is 4. The van der Waals surface area contributed by atoms with Crippen molar-refractivity contribution in [3.8, 4) is 5.75 Å². The van der Waals surface area contributed by atoms with Gasteiger partial charge in [-0.05, 0) is 83.9 Å². The molecule has 7 heteroatoms. The molecule has 0 saturated carbocycles. The summed E-state index contributed by atoms with van der Waals surface area (Å²) in [5.41, 5.74) is 1.78. The summed E-state index contributed by atoms with van der Waals surface area (Å²) < 4.78 is 23.2. The van der Waals surface area contributed by atoms with Gasteiger partial charge in [0.25, 0.3) is 0 Å². The zero-order valence-corrected chi connectivity index (χ0v) is 22.0. The fourth-order valence-electron chi connectivity index (χ4n) is 5.30. The zero-order chi connectivity index (χ0) is 25.2. The van der Waals surface area contributed by atoms with E-state index >= 15 is 0 Å². The summed E-state index contributed by atoms with van der Waals surface area (Å²) in [5, 5.41) is 1.15. The number of fused-ring (bicyclic) bond motifs is 1. The van der Waals surface area contributed by atoms with Gasteiger partial charge in [-0.1, -0.05) is 12.1 Å². The van der Waals surface area contributed by atoms with Crippen LogP contribution in [0.4, 0.5) is 4.79 Å². The number of amides is 1. The minimum absolute atomic E-state index is 0.0220. The van der Waals surface area contributed by atoms with Crippen molar-refractivity contribution in [3.63, 3.8) is 0 Å². The van der Waals surface area contributed by atoms with E-state index < -0.39 is 11.4 Å². The fraction of sp³-hybridized carbons (Fsp3) is 0.643. The van der Waals surface area contributed by atoms with Crippen LogP contribution < -0.4 is 4.74 Å². The molecule has 0 bridgehead atoms. The van der Waals surface area contributed by atoms with E-state index in [0.29, 0.717) is 25.6 Å². The molecular weight excluding hydrogens is 444 g/mol. The molecule has 1 unspecified atom stereocenters. The third kappa shape index (κ3) is 6.44. The number of pyridine rings is 1. The number of methoxy groups -OCH3 is 1. The molecule has 2 saturated heterocycles. The minimum Gasteiger partial charge on any atom is -0.495 e. The second-order valence-electron chi connectivity index (χ2n) is 11.3. The van der Waals surface area contributed by atoms with Crippen LogP contribution in [-0.2, 0) is 20.6 Å². The van der Waals surface area contributed by atoms with Gasteiger partial charge in [-0.15, -0.1) is 0 Å². The van der Waals surface area contributed by atoms with Crippen LogP contribution in [0.1, 0.15) is 59.4 Å². The second kappa shape index (κ2) is 10.3. The molecule has 0 aliphatic carbocycles. The van der Waals surface area contributed by atoms with Gasteiger partial charge in [0.15, 0.2) is 5.79 Å². The molecule has 1 amide bonds. The third-order valence-corrected chi connectivity index (χ3v) is 7.01. The van der Waals surface area contributed by atoms with E-state index in [4.69, 9.17) is 18.9 Å². The number of aromatic nitrogens is 1. The van der Waals surface area contributed by atoms with Crippen LogP contribution in [0.5, 0.6) is 5.75 Å². The lowest BCUT2D eigenvalue weighted by molar-refractivity contribution is -0.150. The smallest absolute Gasteiger partial charge is 0.410 e. The maximum Gasteiger partial charge on any atom is 0.410 e. The predicted octanol–water partition coefficient (Wildman–Crippen LogP) is 5.59. The highest BCUT2D eigenvalue weighted by atomic mass is 16.7. The number of aryl methyl sites for hydroxylation is 1. The number of carbonyl (C=O) groups excluding carboxylic acids is 1. The van der Waals surface area contributed by atoms with E-state index in [1.54, 1.807) is 13.3 Å². The molecule has 0 N–H and O–H groups in total. The van der Waals surface area contributed by atoms with Crippen LogP contribution >= 0.6 is 0 Å². The molecule has 1 aromatic heterocycles. The lowest BCUT2D eigenvalue weighted by atomic mass is 9.78. The Balaban J connectivity index is 1.44. The number of nitrogens with zero attached hydrogens (tertiary/aromatic N) is 2. The molecule has 2 aliphatic heterocycles. The van der Waals surface area contributed by atoms with Crippen molar-refractivity contribution in [2.24, 2.45) is 11.8 Å². The summed E-state index contributed by atoms with van der Waals surface area (Å²) >= 11 is 0. The molecule has 1 aromatic carbocycles. The molecule has 2 aromatic rings. The van der Waals surface area contributed by atoms with E-state index in [2.05, 4.69) is 23.2 Å². The average Bonchev–Trinajstić information content (AvgIpc) is 3.17. The molecule has 2 fully saturated rings. The molecule has 2 aliphatic rings. The van der Waals surface area contributed by atoms with Gasteiger partial charge in [-0.3, -0.25) is 4.98 Å². The maximum atomic E-state index is 12.8. The Morgan fingerprint density at radius 2 is 2.09 bits per heavy atom. The number of piperidine rings is 1. The monoisotopic (exact) mass is 484 g/mol. The number of carbonyl (C=O) groups is 1. The largest absolute Gasteiger partial charge is 0.495 e. The van der Waals surface area contributed by atoms with Crippen LogP contribution in [0.15, 0.2) is 30.5 Å². The molecular formula is C28H40N2O5. The van der Waals surface area contributed by atoms with E-state index in [1.165, 1.54) is 5.56 Å². The van der Waals surface area contributed by atoms with Gasteiger partial charge >= 0.3 is 6.09 Å². The first-order valence-corrected chi connectivity index (χ1v) is 12.8. The highest BCUT2D eigenvalue weighted by molar-refractivity contribution is 5.83. The summed E-state index contributed by atoms with van der Waals surface area (Å²) in [6.07, 6.45) is 5.54. The summed E-state index contributed by atoms with van der Waals surface area (Å²) in [7, 11) is 1.67. The Kier molecular flexibility index (Phi) is 7.57. The number of rotatable bonds is 6. The van der Waals surface area contributed by atoms with Gasteiger partial charge in [-0.25, -0.2) is 4.79 Å². The van der Waals surface area contributed by atoms with E-state index in [9.17, 15) is 4.79 Å².